The van der Waals surface area contributed by atoms with Gasteiger partial charge in [-0.1, -0.05) is 22.9 Å². The maximum absolute atomic E-state index is 8.66. The first-order chi connectivity index (χ1) is 7.26. The van der Waals surface area contributed by atoms with E-state index in [9.17, 15) is 0 Å². The van der Waals surface area contributed by atoms with Crippen molar-refractivity contribution in [2.75, 3.05) is 38.2 Å². The van der Waals surface area contributed by atoms with Crippen molar-refractivity contribution in [3.8, 4) is 0 Å². The van der Waals surface area contributed by atoms with Crippen LogP contribution < -0.4 is 0 Å². The molecule has 0 spiro atoms. The maximum atomic E-state index is 8.66. The largest absolute Gasteiger partial charge is 0.394 e. The van der Waals surface area contributed by atoms with Gasteiger partial charge in [0.1, 0.15) is 0 Å². The molecule has 0 aromatic rings. The van der Waals surface area contributed by atoms with Gasteiger partial charge < -0.3 is 14.7 Å². The van der Waals surface area contributed by atoms with Gasteiger partial charge in [0.2, 0.25) is 0 Å². The molecule has 1 unspecified atom stereocenters. The monoisotopic (exact) mass is 279 g/mol. The van der Waals surface area contributed by atoms with Gasteiger partial charge in [0.25, 0.3) is 0 Å². The van der Waals surface area contributed by atoms with Crippen LogP contribution >= 0.6 is 15.9 Å². The van der Waals surface area contributed by atoms with Gasteiger partial charge in [-0.2, -0.15) is 0 Å². The van der Waals surface area contributed by atoms with Crippen molar-refractivity contribution in [2.24, 2.45) is 5.92 Å². The first kappa shape index (κ1) is 13.4. The van der Waals surface area contributed by atoms with Crippen molar-refractivity contribution in [1.29, 1.82) is 0 Å². The van der Waals surface area contributed by atoms with Crippen molar-refractivity contribution in [1.82, 2.24) is 4.90 Å². The van der Waals surface area contributed by atoms with E-state index in [1.807, 2.05) is 0 Å². The standard InChI is InChI=1S/C11H22BrNO2/c1-10(8-12)9-13-4-2-11(3-5-13)15-7-6-14/h10-11,14H,2-9H2,1H3. The Kier molecular flexibility index (Phi) is 6.81. The Morgan fingerprint density at radius 1 is 1.47 bits per heavy atom. The highest BCUT2D eigenvalue weighted by molar-refractivity contribution is 9.09. The van der Waals surface area contributed by atoms with Crippen LogP contribution in [0.3, 0.4) is 0 Å². The number of nitrogens with zero attached hydrogens (tertiary/aromatic N) is 1. The van der Waals surface area contributed by atoms with Gasteiger partial charge in [-0.3, -0.25) is 0 Å². The quantitative estimate of drug-likeness (QED) is 0.748. The minimum Gasteiger partial charge on any atom is -0.394 e. The van der Waals surface area contributed by atoms with E-state index in [4.69, 9.17) is 9.84 Å². The molecule has 1 aliphatic rings. The second-order valence-electron chi connectivity index (χ2n) is 4.35. The van der Waals surface area contributed by atoms with Crippen LogP contribution in [0, 0.1) is 5.92 Å². The van der Waals surface area contributed by atoms with Crippen LogP contribution in [0.4, 0.5) is 0 Å². The molecule has 0 amide bonds. The maximum Gasteiger partial charge on any atom is 0.0701 e. The summed E-state index contributed by atoms with van der Waals surface area (Å²) in [7, 11) is 0. The lowest BCUT2D eigenvalue weighted by Crippen LogP contribution is -2.39. The van der Waals surface area contributed by atoms with Crippen LogP contribution in [0.2, 0.25) is 0 Å². The normalized spacial score (nSPS) is 21.8. The smallest absolute Gasteiger partial charge is 0.0701 e. The van der Waals surface area contributed by atoms with Crippen molar-refractivity contribution >= 4 is 15.9 Å². The molecule has 1 fully saturated rings. The van der Waals surface area contributed by atoms with Crippen molar-refractivity contribution < 1.29 is 9.84 Å². The highest BCUT2D eigenvalue weighted by Crippen LogP contribution is 2.15. The topological polar surface area (TPSA) is 32.7 Å². The molecule has 0 bridgehead atoms. The molecule has 1 saturated heterocycles. The second kappa shape index (κ2) is 7.60. The van der Waals surface area contributed by atoms with Crippen LogP contribution in [0.5, 0.6) is 0 Å². The third-order valence-corrected chi connectivity index (χ3v) is 3.92. The molecule has 1 atom stereocenters. The summed E-state index contributed by atoms with van der Waals surface area (Å²) in [5.41, 5.74) is 0. The molecular weight excluding hydrogens is 258 g/mol. The Bertz CT molecular complexity index is 161. The minimum atomic E-state index is 0.140. The molecule has 1 heterocycles. The zero-order valence-electron chi connectivity index (χ0n) is 9.49. The average Bonchev–Trinajstić information content (AvgIpc) is 2.28. The number of hydrogen-bond donors (Lipinski definition) is 1. The van der Waals surface area contributed by atoms with E-state index in [2.05, 4.69) is 27.8 Å². The number of alkyl halides is 1. The summed E-state index contributed by atoms with van der Waals surface area (Å²) in [4.78, 5) is 2.50. The van der Waals surface area contributed by atoms with Gasteiger partial charge in [-0.05, 0) is 18.8 Å². The molecule has 15 heavy (non-hydrogen) atoms. The fraction of sp³-hybridized carbons (Fsp3) is 1.00. The first-order valence-electron chi connectivity index (χ1n) is 5.77. The van der Waals surface area contributed by atoms with Gasteiger partial charge >= 0.3 is 0 Å². The van der Waals surface area contributed by atoms with E-state index < -0.39 is 0 Å². The van der Waals surface area contributed by atoms with Gasteiger partial charge in [0.15, 0.2) is 0 Å². The van der Waals surface area contributed by atoms with Crippen LogP contribution in [0.15, 0.2) is 0 Å². The Hall–Kier alpha value is 0.360. The number of piperidine rings is 1. The molecule has 3 nitrogen and oxygen atoms in total. The highest BCUT2D eigenvalue weighted by atomic mass is 79.9. The zero-order chi connectivity index (χ0) is 11.1. The van der Waals surface area contributed by atoms with E-state index in [-0.39, 0.29) is 6.61 Å². The van der Waals surface area contributed by atoms with Crippen molar-refractivity contribution in [3.63, 3.8) is 0 Å². The van der Waals surface area contributed by atoms with Crippen molar-refractivity contribution in [3.05, 3.63) is 0 Å². The molecule has 4 heteroatoms. The molecule has 1 N–H and O–H groups in total. The van der Waals surface area contributed by atoms with Crippen LogP contribution in [-0.4, -0.2) is 54.3 Å². The fourth-order valence-electron chi connectivity index (χ4n) is 1.97. The molecule has 90 valence electrons. The van der Waals surface area contributed by atoms with Gasteiger partial charge in [0.05, 0.1) is 19.3 Å². The van der Waals surface area contributed by atoms with Gasteiger partial charge in [-0.25, -0.2) is 0 Å². The molecule has 0 aromatic heterocycles. The van der Waals surface area contributed by atoms with E-state index in [1.165, 1.54) is 6.54 Å². The Labute approximate surface area is 101 Å². The number of aliphatic hydroxyl groups excluding tert-OH is 1. The third kappa shape index (κ3) is 5.29. The van der Waals surface area contributed by atoms with E-state index in [0.29, 0.717) is 12.7 Å². The number of halogens is 1. The molecular formula is C11H22BrNO2. The zero-order valence-corrected chi connectivity index (χ0v) is 11.1. The number of ether oxygens (including phenoxy) is 1. The summed E-state index contributed by atoms with van der Waals surface area (Å²) in [6.07, 6.45) is 2.58. The lowest BCUT2D eigenvalue weighted by atomic mass is 10.1. The predicted molar refractivity (Wildman–Crippen MR) is 65.5 cm³/mol. The number of rotatable bonds is 6. The Morgan fingerprint density at radius 3 is 2.67 bits per heavy atom. The molecule has 0 saturated carbocycles. The highest BCUT2D eigenvalue weighted by Gasteiger charge is 2.20. The van der Waals surface area contributed by atoms with E-state index in [0.717, 1.165) is 37.2 Å². The van der Waals surface area contributed by atoms with E-state index >= 15 is 0 Å². The van der Waals surface area contributed by atoms with Gasteiger partial charge in [-0.15, -0.1) is 0 Å². The molecule has 1 aliphatic heterocycles. The van der Waals surface area contributed by atoms with Crippen LogP contribution in [0.25, 0.3) is 0 Å². The fourth-order valence-corrected chi connectivity index (χ4v) is 2.17. The lowest BCUT2D eigenvalue weighted by Gasteiger charge is -2.33. The van der Waals surface area contributed by atoms with Crippen molar-refractivity contribution in [2.45, 2.75) is 25.9 Å². The molecule has 0 aliphatic carbocycles. The molecule has 0 radical (unpaired) electrons. The summed E-state index contributed by atoms with van der Waals surface area (Å²) >= 11 is 3.51. The third-order valence-electron chi connectivity index (χ3n) is 2.81. The predicted octanol–water partition coefficient (Wildman–Crippen LogP) is 1.49. The summed E-state index contributed by atoms with van der Waals surface area (Å²) in [5, 5.41) is 9.74. The summed E-state index contributed by atoms with van der Waals surface area (Å²) in [6, 6.07) is 0. The summed E-state index contributed by atoms with van der Waals surface area (Å²) < 4.78 is 5.53. The molecule has 0 aromatic carbocycles. The molecule has 1 rings (SSSR count). The first-order valence-corrected chi connectivity index (χ1v) is 6.89. The van der Waals surface area contributed by atoms with Crippen LogP contribution in [-0.2, 0) is 4.74 Å². The van der Waals surface area contributed by atoms with Gasteiger partial charge in [0, 0.05) is 25.0 Å². The second-order valence-corrected chi connectivity index (χ2v) is 5.00. The number of aliphatic hydroxyl groups is 1. The van der Waals surface area contributed by atoms with Crippen LogP contribution in [0.1, 0.15) is 19.8 Å². The SMILES string of the molecule is CC(CBr)CN1CCC(OCCO)CC1. The lowest BCUT2D eigenvalue weighted by molar-refractivity contribution is -0.00915. The number of hydrogen-bond acceptors (Lipinski definition) is 3. The average molecular weight is 280 g/mol. The Morgan fingerprint density at radius 2 is 2.13 bits per heavy atom. The Balaban J connectivity index is 2.12. The summed E-state index contributed by atoms with van der Waals surface area (Å²) in [6.45, 7) is 6.34. The minimum absolute atomic E-state index is 0.140. The van der Waals surface area contributed by atoms with E-state index in [1.54, 1.807) is 0 Å². The summed E-state index contributed by atoms with van der Waals surface area (Å²) in [5.74, 6) is 0.722. The number of likely N-dealkylation sites (tertiary alicyclic amines) is 1.